The third-order valence-corrected chi connectivity index (χ3v) is 8.18. The molecule has 0 unspecified atom stereocenters. The monoisotopic (exact) mass is 462 g/mol. The molecule has 0 nitrogen and oxygen atoms in total. The lowest BCUT2D eigenvalue weighted by Gasteiger charge is -2.10. The molecule has 0 bridgehead atoms. The van der Waals surface area contributed by atoms with Gasteiger partial charge in [0.05, 0.1) is 0 Å². The maximum absolute atomic E-state index is 2.38. The summed E-state index contributed by atoms with van der Waals surface area (Å²) in [6.07, 6.45) is 0. The highest BCUT2D eigenvalue weighted by molar-refractivity contribution is 7.21. The van der Waals surface area contributed by atoms with Gasteiger partial charge in [-0.05, 0) is 38.7 Å². The smallest absolute Gasteiger partial charge is 0.0434 e. The van der Waals surface area contributed by atoms with Crippen LogP contribution in [0.2, 0.25) is 0 Å². The SMILES string of the molecule is c1ccc(-c2ccccc2-c2sc(-c3cc4ccccc4c4ccccc34)c3ccccc23)cc1. The van der Waals surface area contributed by atoms with Gasteiger partial charge in [-0.2, -0.15) is 0 Å². The highest BCUT2D eigenvalue weighted by Crippen LogP contribution is 2.48. The van der Waals surface area contributed by atoms with E-state index in [1.165, 1.54) is 64.3 Å². The topological polar surface area (TPSA) is 0 Å². The Morgan fingerprint density at radius 3 is 1.60 bits per heavy atom. The summed E-state index contributed by atoms with van der Waals surface area (Å²) in [6.45, 7) is 0. The normalized spacial score (nSPS) is 11.4. The molecule has 0 fully saturated rings. The van der Waals surface area contributed by atoms with E-state index in [0.29, 0.717) is 0 Å². The molecule has 0 aliphatic carbocycles. The molecule has 0 spiro atoms. The van der Waals surface area contributed by atoms with Crippen molar-refractivity contribution in [3.8, 4) is 32.0 Å². The van der Waals surface area contributed by atoms with E-state index in [2.05, 4.69) is 133 Å². The summed E-state index contributed by atoms with van der Waals surface area (Å²) in [6, 6.07) is 48.3. The van der Waals surface area contributed by atoms with Crippen LogP contribution in [-0.2, 0) is 0 Å². The van der Waals surface area contributed by atoms with E-state index in [0.717, 1.165) is 0 Å². The number of thiophene rings is 1. The number of hydrogen-bond acceptors (Lipinski definition) is 1. The van der Waals surface area contributed by atoms with Crippen molar-refractivity contribution < 1.29 is 0 Å². The number of rotatable bonds is 3. The van der Waals surface area contributed by atoms with Gasteiger partial charge in [-0.3, -0.25) is 0 Å². The zero-order valence-electron chi connectivity index (χ0n) is 19.1. The van der Waals surface area contributed by atoms with Crippen LogP contribution in [0.3, 0.4) is 0 Å². The fourth-order valence-corrected chi connectivity index (χ4v) is 6.63. The van der Waals surface area contributed by atoms with E-state index in [-0.39, 0.29) is 0 Å². The van der Waals surface area contributed by atoms with E-state index in [1.54, 1.807) is 0 Å². The highest BCUT2D eigenvalue weighted by Gasteiger charge is 2.19. The first-order valence-corrected chi connectivity index (χ1v) is 12.8. The second-order valence-corrected chi connectivity index (χ2v) is 9.93. The average Bonchev–Trinajstić information content (AvgIpc) is 3.32. The minimum absolute atomic E-state index is 1.25. The standard InChI is InChI=1S/C34H22S/c1-2-12-23(13-3-1)25-15-6-9-19-29(25)33-30-20-10-11-21-31(30)34(35-33)32-22-24-14-4-5-16-26(24)27-17-7-8-18-28(27)32/h1-22H. The maximum Gasteiger partial charge on any atom is 0.0434 e. The summed E-state index contributed by atoms with van der Waals surface area (Å²) in [5, 5.41) is 7.83. The summed E-state index contributed by atoms with van der Waals surface area (Å²) in [4.78, 5) is 2.66. The van der Waals surface area contributed by atoms with Crippen molar-refractivity contribution in [3.63, 3.8) is 0 Å². The highest BCUT2D eigenvalue weighted by atomic mass is 32.1. The molecular weight excluding hydrogens is 440 g/mol. The molecule has 0 aliphatic heterocycles. The average molecular weight is 463 g/mol. The molecule has 35 heavy (non-hydrogen) atoms. The van der Waals surface area contributed by atoms with E-state index < -0.39 is 0 Å². The van der Waals surface area contributed by atoms with Crippen LogP contribution >= 0.6 is 11.3 Å². The molecule has 0 radical (unpaired) electrons. The maximum atomic E-state index is 2.38. The third kappa shape index (κ3) is 3.28. The molecule has 1 heteroatoms. The zero-order valence-corrected chi connectivity index (χ0v) is 19.9. The van der Waals surface area contributed by atoms with Crippen LogP contribution in [0.5, 0.6) is 0 Å². The predicted molar refractivity (Wildman–Crippen MR) is 153 cm³/mol. The molecule has 1 heterocycles. The molecule has 0 aliphatic rings. The van der Waals surface area contributed by atoms with Crippen LogP contribution in [0, 0.1) is 0 Å². The Bertz CT molecular complexity index is 1840. The Kier molecular flexibility index (Phi) is 4.75. The molecule has 164 valence electrons. The van der Waals surface area contributed by atoms with Crippen LogP contribution in [0.25, 0.3) is 64.3 Å². The minimum Gasteiger partial charge on any atom is -0.134 e. The summed E-state index contributed by atoms with van der Waals surface area (Å²) < 4.78 is 0. The number of hydrogen-bond donors (Lipinski definition) is 0. The van der Waals surface area contributed by atoms with Crippen LogP contribution in [-0.4, -0.2) is 0 Å². The van der Waals surface area contributed by atoms with Crippen LogP contribution in [0.4, 0.5) is 0 Å². The Hall–Kier alpha value is -4.20. The van der Waals surface area contributed by atoms with Crippen molar-refractivity contribution in [2.75, 3.05) is 0 Å². The van der Waals surface area contributed by atoms with Crippen molar-refractivity contribution in [2.24, 2.45) is 0 Å². The predicted octanol–water partition coefficient (Wildman–Crippen LogP) is 10.2. The molecule has 0 saturated heterocycles. The van der Waals surface area contributed by atoms with E-state index in [9.17, 15) is 0 Å². The van der Waals surface area contributed by atoms with Gasteiger partial charge in [-0.1, -0.05) is 127 Å². The first-order chi connectivity index (χ1) is 17.4. The van der Waals surface area contributed by atoms with Crippen LogP contribution in [0.1, 0.15) is 0 Å². The van der Waals surface area contributed by atoms with E-state index >= 15 is 0 Å². The molecule has 6 aromatic carbocycles. The second kappa shape index (κ2) is 8.23. The summed E-state index contributed by atoms with van der Waals surface area (Å²) >= 11 is 1.91. The first kappa shape index (κ1) is 20.2. The lowest BCUT2D eigenvalue weighted by molar-refractivity contribution is 1.62. The molecule has 0 N–H and O–H groups in total. The molecule has 0 saturated carbocycles. The Morgan fingerprint density at radius 1 is 0.343 bits per heavy atom. The summed E-state index contributed by atoms with van der Waals surface area (Å²) in [5.41, 5.74) is 5.12. The number of fused-ring (bicyclic) bond motifs is 4. The van der Waals surface area contributed by atoms with Crippen LogP contribution < -0.4 is 0 Å². The van der Waals surface area contributed by atoms with Crippen LogP contribution in [0.15, 0.2) is 133 Å². The molecule has 7 rings (SSSR count). The van der Waals surface area contributed by atoms with Crippen molar-refractivity contribution in [1.82, 2.24) is 0 Å². The Morgan fingerprint density at radius 2 is 0.857 bits per heavy atom. The van der Waals surface area contributed by atoms with Gasteiger partial charge in [0.2, 0.25) is 0 Å². The number of benzene rings is 6. The van der Waals surface area contributed by atoms with Gasteiger partial charge in [0.1, 0.15) is 0 Å². The lowest BCUT2D eigenvalue weighted by atomic mass is 9.94. The van der Waals surface area contributed by atoms with Crippen molar-refractivity contribution >= 4 is 43.7 Å². The fraction of sp³-hybridized carbons (Fsp3) is 0. The van der Waals surface area contributed by atoms with Crippen molar-refractivity contribution in [3.05, 3.63) is 133 Å². The Balaban J connectivity index is 1.55. The van der Waals surface area contributed by atoms with Crippen molar-refractivity contribution in [1.29, 1.82) is 0 Å². The third-order valence-electron chi connectivity index (χ3n) is 6.89. The van der Waals surface area contributed by atoms with Gasteiger partial charge in [-0.15, -0.1) is 11.3 Å². The Labute approximate surface area is 208 Å². The molecular formula is C34H22S. The zero-order chi connectivity index (χ0) is 23.2. The molecule has 7 aromatic rings. The minimum atomic E-state index is 1.25. The van der Waals surface area contributed by atoms with Gasteiger partial charge < -0.3 is 0 Å². The first-order valence-electron chi connectivity index (χ1n) is 12.0. The second-order valence-electron chi connectivity index (χ2n) is 8.91. The largest absolute Gasteiger partial charge is 0.134 e. The van der Waals surface area contributed by atoms with Crippen molar-refractivity contribution in [2.45, 2.75) is 0 Å². The van der Waals surface area contributed by atoms with E-state index in [1.807, 2.05) is 11.3 Å². The van der Waals surface area contributed by atoms with Gasteiger partial charge >= 0.3 is 0 Å². The lowest BCUT2D eigenvalue weighted by Crippen LogP contribution is -1.82. The van der Waals surface area contributed by atoms with Gasteiger partial charge in [0.15, 0.2) is 0 Å². The molecule has 1 aromatic heterocycles. The van der Waals surface area contributed by atoms with E-state index in [4.69, 9.17) is 0 Å². The fourth-order valence-electron chi connectivity index (χ4n) is 5.28. The molecule has 0 atom stereocenters. The van der Waals surface area contributed by atoms with Gasteiger partial charge in [-0.25, -0.2) is 0 Å². The summed E-state index contributed by atoms with van der Waals surface area (Å²) in [7, 11) is 0. The molecule has 0 amide bonds. The van der Waals surface area contributed by atoms with Gasteiger partial charge in [0, 0.05) is 31.7 Å². The van der Waals surface area contributed by atoms with Gasteiger partial charge in [0.25, 0.3) is 0 Å². The summed E-state index contributed by atoms with van der Waals surface area (Å²) in [5.74, 6) is 0. The quantitative estimate of drug-likeness (QED) is 0.229.